The maximum absolute atomic E-state index is 5.17. The van der Waals surface area contributed by atoms with Crippen LogP contribution in [-0.2, 0) is 11.3 Å². The summed E-state index contributed by atoms with van der Waals surface area (Å²) in [4.78, 5) is 7.02. The fraction of sp³-hybridized carbons (Fsp3) is 0.688. The van der Waals surface area contributed by atoms with Crippen molar-refractivity contribution >= 4 is 0 Å². The highest BCUT2D eigenvalue weighted by atomic mass is 16.5. The fourth-order valence-corrected chi connectivity index (χ4v) is 2.76. The maximum atomic E-state index is 5.17. The zero-order valence-electron chi connectivity index (χ0n) is 12.6. The number of hydrogen-bond donors (Lipinski definition) is 0. The lowest BCUT2D eigenvalue weighted by molar-refractivity contribution is 0.182. The number of rotatable bonds is 5. The molecular weight excluding hydrogens is 250 g/mol. The molecule has 1 atom stereocenters. The molecule has 1 saturated heterocycles. The van der Waals surface area contributed by atoms with Gasteiger partial charge in [0, 0.05) is 44.9 Å². The minimum absolute atomic E-state index is 0.527. The second-order valence-electron chi connectivity index (χ2n) is 5.25. The highest BCUT2D eigenvalue weighted by Gasteiger charge is 2.23. The van der Waals surface area contributed by atoms with Crippen LogP contribution < -0.4 is 0 Å². The third-order valence-corrected chi connectivity index (χ3v) is 3.76. The van der Waals surface area contributed by atoms with E-state index < -0.39 is 0 Å². The lowest BCUT2D eigenvalue weighted by atomic mass is 9.97. The Bertz CT molecular complexity index is 458. The van der Waals surface area contributed by atoms with Gasteiger partial charge in [-0.2, -0.15) is 0 Å². The first-order valence-corrected chi connectivity index (χ1v) is 7.53. The molecule has 4 heteroatoms. The van der Waals surface area contributed by atoms with Crippen LogP contribution in [0.2, 0.25) is 0 Å². The topological polar surface area (TPSA) is 30.3 Å². The number of methoxy groups -OCH3 is 1. The third kappa shape index (κ3) is 4.09. The van der Waals surface area contributed by atoms with E-state index in [0.29, 0.717) is 5.92 Å². The molecule has 1 aromatic heterocycles. The molecule has 0 N–H and O–H groups in total. The minimum atomic E-state index is 0.527. The van der Waals surface area contributed by atoms with Crippen molar-refractivity contribution in [1.29, 1.82) is 0 Å². The molecule has 2 heterocycles. The highest BCUT2D eigenvalue weighted by molar-refractivity contribution is 5.06. The van der Waals surface area contributed by atoms with E-state index in [1.54, 1.807) is 7.11 Å². The summed E-state index contributed by atoms with van der Waals surface area (Å²) in [7, 11) is 1.74. The van der Waals surface area contributed by atoms with E-state index in [1.807, 2.05) is 6.20 Å². The first-order chi connectivity index (χ1) is 9.85. The molecule has 4 nitrogen and oxygen atoms in total. The average Bonchev–Trinajstić information content (AvgIpc) is 2.94. The lowest BCUT2D eigenvalue weighted by Crippen LogP contribution is -2.35. The molecule has 1 unspecified atom stereocenters. The Morgan fingerprint density at radius 2 is 2.35 bits per heavy atom. The smallest absolute Gasteiger partial charge is 0.113 e. The van der Waals surface area contributed by atoms with Crippen molar-refractivity contribution in [1.82, 2.24) is 14.5 Å². The standard InChI is InChI=1S/C16H25N3O/c1-3-4-5-9-18-10-6-7-15(14-18)16-17-8-11-19(16)12-13-20-2/h8,11,15H,3,6-7,9-10,12-14H2,1-2H3. The molecule has 2 rings (SSSR count). The molecule has 1 aliphatic heterocycles. The van der Waals surface area contributed by atoms with E-state index in [1.165, 1.54) is 18.7 Å². The quantitative estimate of drug-likeness (QED) is 0.771. The third-order valence-electron chi connectivity index (χ3n) is 3.76. The van der Waals surface area contributed by atoms with E-state index in [2.05, 4.69) is 39.4 Å². The van der Waals surface area contributed by atoms with Crippen LogP contribution >= 0.6 is 0 Å². The zero-order chi connectivity index (χ0) is 14.2. The van der Waals surface area contributed by atoms with Crippen molar-refractivity contribution in [2.75, 3.05) is 33.4 Å². The number of piperidine rings is 1. The van der Waals surface area contributed by atoms with Crippen molar-refractivity contribution in [3.8, 4) is 11.8 Å². The van der Waals surface area contributed by atoms with Gasteiger partial charge in [-0.3, -0.25) is 4.90 Å². The van der Waals surface area contributed by atoms with Crippen LogP contribution in [-0.4, -0.2) is 47.8 Å². The summed E-state index contributed by atoms with van der Waals surface area (Å²) in [6.07, 6.45) is 7.36. The molecule has 1 aromatic rings. The SMILES string of the molecule is CCC#CCN1CCCC(c2nccn2CCOC)C1. The van der Waals surface area contributed by atoms with E-state index in [9.17, 15) is 0 Å². The largest absolute Gasteiger partial charge is 0.383 e. The molecule has 0 aliphatic carbocycles. The molecule has 0 saturated carbocycles. The summed E-state index contributed by atoms with van der Waals surface area (Å²) in [5, 5.41) is 0. The van der Waals surface area contributed by atoms with Gasteiger partial charge in [0.15, 0.2) is 0 Å². The fourth-order valence-electron chi connectivity index (χ4n) is 2.76. The second-order valence-corrected chi connectivity index (χ2v) is 5.25. The molecule has 0 amide bonds. The summed E-state index contributed by atoms with van der Waals surface area (Å²) in [6.45, 7) is 6.84. The first-order valence-electron chi connectivity index (χ1n) is 7.53. The van der Waals surface area contributed by atoms with E-state index >= 15 is 0 Å². The van der Waals surface area contributed by atoms with Crippen molar-refractivity contribution in [3.05, 3.63) is 18.2 Å². The Balaban J connectivity index is 1.96. The number of nitrogens with zero attached hydrogens (tertiary/aromatic N) is 3. The van der Waals surface area contributed by atoms with Crippen LogP contribution in [0.15, 0.2) is 12.4 Å². The first kappa shape index (κ1) is 15.1. The molecule has 0 aromatic carbocycles. The maximum Gasteiger partial charge on any atom is 0.113 e. The summed E-state index contributed by atoms with van der Waals surface area (Å²) in [6, 6.07) is 0. The van der Waals surface area contributed by atoms with Crippen LogP contribution in [0.1, 0.15) is 37.9 Å². The Morgan fingerprint density at radius 1 is 1.45 bits per heavy atom. The Kier molecular flexibility index (Phi) is 6.10. The molecule has 1 fully saturated rings. The highest BCUT2D eigenvalue weighted by Crippen LogP contribution is 2.25. The molecule has 1 aliphatic rings. The van der Waals surface area contributed by atoms with E-state index in [0.717, 1.165) is 39.2 Å². The van der Waals surface area contributed by atoms with Gasteiger partial charge in [0.25, 0.3) is 0 Å². The van der Waals surface area contributed by atoms with Gasteiger partial charge >= 0.3 is 0 Å². The second kappa shape index (κ2) is 8.08. The monoisotopic (exact) mass is 275 g/mol. The van der Waals surface area contributed by atoms with Crippen LogP contribution in [0.4, 0.5) is 0 Å². The summed E-state index contributed by atoms with van der Waals surface area (Å²) >= 11 is 0. The van der Waals surface area contributed by atoms with Crippen LogP contribution in [0.25, 0.3) is 0 Å². The van der Waals surface area contributed by atoms with Gasteiger partial charge in [0.2, 0.25) is 0 Å². The average molecular weight is 275 g/mol. The van der Waals surface area contributed by atoms with Gasteiger partial charge in [0.05, 0.1) is 13.2 Å². The Hall–Kier alpha value is -1.31. The number of likely N-dealkylation sites (tertiary alicyclic amines) is 1. The van der Waals surface area contributed by atoms with Crippen molar-refractivity contribution in [3.63, 3.8) is 0 Å². The van der Waals surface area contributed by atoms with E-state index in [4.69, 9.17) is 4.74 Å². The van der Waals surface area contributed by atoms with Gasteiger partial charge in [-0.05, 0) is 19.4 Å². The van der Waals surface area contributed by atoms with Gasteiger partial charge in [-0.15, -0.1) is 5.92 Å². The normalized spacial score (nSPS) is 19.6. The number of hydrogen-bond acceptors (Lipinski definition) is 3. The van der Waals surface area contributed by atoms with Gasteiger partial charge < -0.3 is 9.30 Å². The Labute approximate surface area is 122 Å². The molecule has 0 bridgehead atoms. The molecule has 20 heavy (non-hydrogen) atoms. The van der Waals surface area contributed by atoms with E-state index in [-0.39, 0.29) is 0 Å². The molecule has 0 radical (unpaired) electrons. The van der Waals surface area contributed by atoms with Gasteiger partial charge in [-0.25, -0.2) is 4.98 Å². The van der Waals surface area contributed by atoms with Gasteiger partial charge in [0.1, 0.15) is 5.82 Å². The summed E-state index contributed by atoms with van der Waals surface area (Å²) in [5.74, 6) is 8.13. The predicted octanol–water partition coefficient (Wildman–Crippen LogP) is 2.12. The van der Waals surface area contributed by atoms with Crippen LogP contribution in [0.5, 0.6) is 0 Å². The number of imidazole rings is 1. The Morgan fingerprint density at radius 3 is 3.15 bits per heavy atom. The molecule has 110 valence electrons. The van der Waals surface area contributed by atoms with Crippen molar-refractivity contribution < 1.29 is 4.74 Å². The minimum Gasteiger partial charge on any atom is -0.383 e. The summed E-state index contributed by atoms with van der Waals surface area (Å²) in [5.41, 5.74) is 0. The molecule has 0 spiro atoms. The van der Waals surface area contributed by atoms with Crippen molar-refractivity contribution in [2.45, 2.75) is 38.6 Å². The van der Waals surface area contributed by atoms with Crippen LogP contribution in [0.3, 0.4) is 0 Å². The van der Waals surface area contributed by atoms with Crippen molar-refractivity contribution in [2.24, 2.45) is 0 Å². The zero-order valence-corrected chi connectivity index (χ0v) is 12.6. The van der Waals surface area contributed by atoms with Crippen LogP contribution in [0, 0.1) is 11.8 Å². The number of ether oxygens (including phenoxy) is 1. The van der Waals surface area contributed by atoms with Gasteiger partial charge in [-0.1, -0.05) is 12.8 Å². The molecular formula is C16H25N3O. The number of aromatic nitrogens is 2. The summed E-state index contributed by atoms with van der Waals surface area (Å²) < 4.78 is 7.40. The predicted molar refractivity (Wildman–Crippen MR) is 80.6 cm³/mol. The lowest BCUT2D eigenvalue weighted by Gasteiger charge is -2.31.